The molecule has 2 N–H and O–H groups in total. The van der Waals surface area contributed by atoms with E-state index in [1.165, 1.54) is 11.3 Å². The second kappa shape index (κ2) is 6.81. The Kier molecular flexibility index (Phi) is 4.37. The third-order valence-corrected chi connectivity index (χ3v) is 5.30. The molecule has 7 nitrogen and oxygen atoms in total. The van der Waals surface area contributed by atoms with Gasteiger partial charge in [0.1, 0.15) is 16.3 Å². The normalized spacial score (nSPS) is 18.0. The van der Waals surface area contributed by atoms with E-state index in [2.05, 4.69) is 20.2 Å². The maximum Gasteiger partial charge on any atom is 0.268 e. The highest BCUT2D eigenvalue weighted by Crippen LogP contribution is 2.20. The van der Waals surface area contributed by atoms with Crippen LogP contribution in [0, 0.1) is 0 Å². The first-order chi connectivity index (χ1) is 12.2. The van der Waals surface area contributed by atoms with Gasteiger partial charge in [0.05, 0.1) is 30.9 Å². The molecule has 1 aliphatic rings. The molecule has 1 atom stereocenters. The van der Waals surface area contributed by atoms with Gasteiger partial charge in [0.25, 0.3) is 5.56 Å². The van der Waals surface area contributed by atoms with Crippen LogP contribution in [0.25, 0.3) is 10.2 Å². The summed E-state index contributed by atoms with van der Waals surface area (Å²) >= 11 is 1.38. The fourth-order valence-corrected chi connectivity index (χ4v) is 3.93. The van der Waals surface area contributed by atoms with Crippen LogP contribution in [-0.2, 0) is 17.9 Å². The van der Waals surface area contributed by atoms with Crippen LogP contribution in [0.3, 0.4) is 0 Å². The Hall–Kier alpha value is -2.45. The van der Waals surface area contributed by atoms with Crippen LogP contribution < -0.4 is 10.9 Å². The molecule has 1 aliphatic heterocycles. The molecule has 0 spiro atoms. The zero-order valence-electron chi connectivity index (χ0n) is 13.5. The van der Waals surface area contributed by atoms with Crippen molar-refractivity contribution in [2.45, 2.75) is 32.0 Å². The van der Waals surface area contributed by atoms with E-state index in [0.717, 1.165) is 25.1 Å². The lowest BCUT2D eigenvalue weighted by molar-refractivity contribution is -0.125. The second-order valence-electron chi connectivity index (χ2n) is 6.07. The quantitative estimate of drug-likeness (QED) is 0.726. The van der Waals surface area contributed by atoms with Gasteiger partial charge in [0.2, 0.25) is 5.91 Å². The number of amides is 1. The standard InChI is InChI=1S/C17H18N4O3S/c22-16(18-9-11-3-2-7-24-11)13-4-1-6-21(13)10-14-19-12-5-8-25-15(12)17(23)20-14/h2-3,5,7-8,13H,1,4,6,9-10H2,(H,18,22)(H,19,20,23)/t13-/m0/s1. The van der Waals surface area contributed by atoms with Gasteiger partial charge in [0, 0.05) is 0 Å². The predicted molar refractivity (Wildman–Crippen MR) is 94.2 cm³/mol. The molecule has 0 bridgehead atoms. The molecule has 0 aliphatic carbocycles. The van der Waals surface area contributed by atoms with Gasteiger partial charge in [0.15, 0.2) is 0 Å². The summed E-state index contributed by atoms with van der Waals surface area (Å²) in [5.41, 5.74) is 0.592. The smallest absolute Gasteiger partial charge is 0.268 e. The van der Waals surface area contributed by atoms with Gasteiger partial charge in [-0.15, -0.1) is 11.3 Å². The third-order valence-electron chi connectivity index (χ3n) is 4.40. The van der Waals surface area contributed by atoms with Crippen LogP contribution in [0.5, 0.6) is 0 Å². The first-order valence-corrected chi connectivity index (χ1v) is 9.09. The lowest BCUT2D eigenvalue weighted by Crippen LogP contribution is -2.43. The van der Waals surface area contributed by atoms with Gasteiger partial charge >= 0.3 is 0 Å². The number of fused-ring (bicyclic) bond motifs is 1. The summed E-state index contributed by atoms with van der Waals surface area (Å²) in [5.74, 6) is 1.31. The summed E-state index contributed by atoms with van der Waals surface area (Å²) in [5, 5.41) is 4.77. The Labute approximate surface area is 147 Å². The van der Waals surface area contributed by atoms with E-state index in [1.54, 1.807) is 12.3 Å². The topological polar surface area (TPSA) is 91.2 Å². The van der Waals surface area contributed by atoms with Crippen LogP contribution in [0.1, 0.15) is 24.4 Å². The monoisotopic (exact) mass is 358 g/mol. The number of carbonyl (C=O) groups is 1. The Morgan fingerprint density at radius 1 is 1.48 bits per heavy atom. The van der Waals surface area contributed by atoms with E-state index in [9.17, 15) is 9.59 Å². The highest BCUT2D eigenvalue weighted by atomic mass is 32.1. The molecule has 4 heterocycles. The first kappa shape index (κ1) is 16.0. The van der Waals surface area contributed by atoms with Crippen LogP contribution in [0.2, 0.25) is 0 Å². The minimum Gasteiger partial charge on any atom is -0.467 e. The van der Waals surface area contributed by atoms with Crippen molar-refractivity contribution in [3.63, 3.8) is 0 Å². The van der Waals surface area contributed by atoms with Crippen molar-refractivity contribution in [1.29, 1.82) is 0 Å². The number of furan rings is 1. The molecule has 0 saturated carbocycles. The average molecular weight is 358 g/mol. The molecule has 0 radical (unpaired) electrons. The van der Waals surface area contributed by atoms with Crippen molar-refractivity contribution < 1.29 is 9.21 Å². The summed E-state index contributed by atoms with van der Waals surface area (Å²) in [6, 6.07) is 5.26. The summed E-state index contributed by atoms with van der Waals surface area (Å²) in [6.07, 6.45) is 3.34. The largest absolute Gasteiger partial charge is 0.467 e. The Bertz CT molecular complexity index is 931. The summed E-state index contributed by atoms with van der Waals surface area (Å²) in [7, 11) is 0. The third kappa shape index (κ3) is 3.35. The van der Waals surface area contributed by atoms with E-state index >= 15 is 0 Å². The molecule has 1 saturated heterocycles. The molecule has 1 fully saturated rings. The minimum atomic E-state index is -0.210. The second-order valence-corrected chi connectivity index (χ2v) is 6.99. The number of rotatable bonds is 5. The maximum atomic E-state index is 12.5. The van der Waals surface area contributed by atoms with Crippen LogP contribution in [0.4, 0.5) is 0 Å². The molecule has 25 heavy (non-hydrogen) atoms. The fourth-order valence-electron chi connectivity index (χ4n) is 3.21. The van der Waals surface area contributed by atoms with Crippen molar-refractivity contribution >= 4 is 27.5 Å². The lowest BCUT2D eigenvalue weighted by atomic mass is 10.2. The van der Waals surface area contributed by atoms with Gasteiger partial charge in [-0.2, -0.15) is 0 Å². The van der Waals surface area contributed by atoms with Gasteiger partial charge in [-0.3, -0.25) is 14.5 Å². The zero-order valence-corrected chi connectivity index (χ0v) is 14.3. The molecular formula is C17H18N4O3S. The van der Waals surface area contributed by atoms with E-state index in [-0.39, 0.29) is 17.5 Å². The fraction of sp³-hybridized carbons (Fsp3) is 0.353. The Balaban J connectivity index is 1.45. The van der Waals surface area contributed by atoms with Crippen molar-refractivity contribution in [3.05, 3.63) is 51.8 Å². The molecule has 3 aromatic rings. The number of carbonyl (C=O) groups excluding carboxylic acids is 1. The molecular weight excluding hydrogens is 340 g/mol. The molecule has 4 rings (SSSR count). The van der Waals surface area contributed by atoms with Gasteiger partial charge < -0.3 is 14.7 Å². The van der Waals surface area contributed by atoms with Gasteiger partial charge in [-0.05, 0) is 43.0 Å². The number of aromatic amines is 1. The number of hydrogen-bond donors (Lipinski definition) is 2. The van der Waals surface area contributed by atoms with Crippen molar-refractivity contribution in [1.82, 2.24) is 20.2 Å². The number of H-pyrrole nitrogens is 1. The summed E-state index contributed by atoms with van der Waals surface area (Å²) in [6.45, 7) is 1.65. The maximum absolute atomic E-state index is 12.5. The van der Waals surface area contributed by atoms with Crippen molar-refractivity contribution in [2.75, 3.05) is 6.54 Å². The summed E-state index contributed by atoms with van der Waals surface area (Å²) in [4.78, 5) is 34.0. The number of nitrogens with one attached hydrogen (secondary N) is 2. The van der Waals surface area contributed by atoms with E-state index in [0.29, 0.717) is 29.1 Å². The number of thiophene rings is 1. The number of nitrogens with zero attached hydrogens (tertiary/aromatic N) is 2. The van der Waals surface area contributed by atoms with E-state index < -0.39 is 0 Å². The Morgan fingerprint density at radius 3 is 3.24 bits per heavy atom. The highest BCUT2D eigenvalue weighted by Gasteiger charge is 2.31. The average Bonchev–Trinajstić information content (AvgIpc) is 3.34. The van der Waals surface area contributed by atoms with E-state index in [1.807, 2.05) is 17.5 Å². The summed E-state index contributed by atoms with van der Waals surface area (Å²) < 4.78 is 5.88. The van der Waals surface area contributed by atoms with Crippen molar-refractivity contribution in [2.24, 2.45) is 0 Å². The first-order valence-electron chi connectivity index (χ1n) is 8.21. The van der Waals surface area contributed by atoms with Gasteiger partial charge in [-0.1, -0.05) is 0 Å². The molecule has 8 heteroatoms. The SMILES string of the molecule is O=C(NCc1ccco1)[C@@H]1CCCN1Cc1nc2ccsc2c(=O)[nH]1. The number of likely N-dealkylation sites (tertiary alicyclic amines) is 1. The molecule has 0 unspecified atom stereocenters. The van der Waals surface area contributed by atoms with E-state index in [4.69, 9.17) is 4.42 Å². The number of hydrogen-bond acceptors (Lipinski definition) is 6. The zero-order chi connectivity index (χ0) is 17.2. The predicted octanol–water partition coefficient (Wildman–Crippen LogP) is 1.86. The minimum absolute atomic E-state index is 0.0205. The molecule has 3 aromatic heterocycles. The molecule has 1 amide bonds. The molecule has 0 aromatic carbocycles. The lowest BCUT2D eigenvalue weighted by Gasteiger charge is -2.22. The van der Waals surface area contributed by atoms with Gasteiger partial charge in [-0.25, -0.2) is 4.98 Å². The number of aromatic nitrogens is 2. The van der Waals surface area contributed by atoms with Crippen LogP contribution in [0.15, 0.2) is 39.1 Å². The van der Waals surface area contributed by atoms with Crippen molar-refractivity contribution in [3.8, 4) is 0 Å². The molecule has 130 valence electrons. The highest BCUT2D eigenvalue weighted by molar-refractivity contribution is 7.17. The van der Waals surface area contributed by atoms with Crippen LogP contribution in [-0.4, -0.2) is 33.4 Å². The van der Waals surface area contributed by atoms with Crippen LogP contribution >= 0.6 is 11.3 Å². The Morgan fingerprint density at radius 2 is 2.40 bits per heavy atom.